The van der Waals surface area contributed by atoms with E-state index in [2.05, 4.69) is 5.32 Å². The van der Waals surface area contributed by atoms with Crippen LogP contribution in [0.3, 0.4) is 0 Å². The fraction of sp³-hybridized carbons (Fsp3) is 0.312. The van der Waals surface area contributed by atoms with Crippen molar-refractivity contribution in [2.75, 3.05) is 42.7 Å². The SMILES string of the molecule is CS(=O)(=O)N1CCN(c2ccccc2NC(C#N)=C(C#N)C#N)CC1. The molecule has 0 spiro atoms. The summed E-state index contributed by atoms with van der Waals surface area (Å²) in [5.41, 5.74) is 0.944. The molecule has 0 bridgehead atoms. The number of rotatable bonds is 4. The molecule has 1 aromatic rings. The third kappa shape index (κ3) is 4.27. The molecule has 1 aliphatic heterocycles. The molecule has 0 atom stereocenters. The first kappa shape index (κ1) is 18.3. The summed E-state index contributed by atoms with van der Waals surface area (Å²) in [7, 11) is -3.21. The van der Waals surface area contributed by atoms with E-state index in [0.29, 0.717) is 31.9 Å². The van der Waals surface area contributed by atoms with Gasteiger partial charge >= 0.3 is 0 Å². The van der Waals surface area contributed by atoms with E-state index in [0.717, 1.165) is 5.69 Å². The average molecular weight is 356 g/mol. The van der Waals surface area contributed by atoms with E-state index >= 15 is 0 Å². The van der Waals surface area contributed by atoms with Crippen LogP contribution in [0.15, 0.2) is 35.5 Å². The Labute approximate surface area is 146 Å². The number of hydrogen-bond donors (Lipinski definition) is 1. The van der Waals surface area contributed by atoms with E-state index in [-0.39, 0.29) is 11.3 Å². The van der Waals surface area contributed by atoms with E-state index in [4.69, 9.17) is 10.5 Å². The van der Waals surface area contributed by atoms with Crippen molar-refractivity contribution in [3.05, 3.63) is 35.5 Å². The van der Waals surface area contributed by atoms with Gasteiger partial charge in [-0.1, -0.05) is 12.1 Å². The number of hydrogen-bond acceptors (Lipinski definition) is 7. The first-order valence-electron chi connectivity index (χ1n) is 7.41. The number of nitrogens with one attached hydrogen (secondary N) is 1. The van der Waals surface area contributed by atoms with Crippen molar-refractivity contribution in [1.29, 1.82) is 15.8 Å². The highest BCUT2D eigenvalue weighted by atomic mass is 32.2. The van der Waals surface area contributed by atoms with Gasteiger partial charge in [0.05, 0.1) is 17.6 Å². The minimum atomic E-state index is -3.21. The summed E-state index contributed by atoms with van der Waals surface area (Å²) in [6.45, 7) is 1.74. The van der Waals surface area contributed by atoms with E-state index in [9.17, 15) is 13.7 Å². The highest BCUT2D eigenvalue weighted by Gasteiger charge is 2.24. The molecule has 0 radical (unpaired) electrons. The molecule has 0 saturated carbocycles. The van der Waals surface area contributed by atoms with E-state index in [1.165, 1.54) is 10.6 Å². The predicted octanol–water partition coefficient (Wildman–Crippen LogP) is 1.00. The van der Waals surface area contributed by atoms with Gasteiger partial charge in [0.2, 0.25) is 10.0 Å². The molecule has 1 fully saturated rings. The molecule has 1 N–H and O–H groups in total. The molecule has 1 saturated heterocycles. The molecule has 25 heavy (non-hydrogen) atoms. The Morgan fingerprint density at radius 2 is 1.64 bits per heavy atom. The van der Waals surface area contributed by atoms with Crippen LogP contribution < -0.4 is 10.2 Å². The lowest BCUT2D eigenvalue weighted by atomic mass is 10.2. The number of piperazine rings is 1. The molecule has 2 rings (SSSR count). The van der Waals surface area contributed by atoms with Crippen molar-refractivity contribution in [2.45, 2.75) is 0 Å². The number of nitriles is 3. The number of allylic oxidation sites excluding steroid dienone is 2. The van der Waals surface area contributed by atoms with Gasteiger partial charge in [0.1, 0.15) is 23.9 Å². The Morgan fingerprint density at radius 3 is 2.16 bits per heavy atom. The maximum atomic E-state index is 11.6. The third-order valence-electron chi connectivity index (χ3n) is 3.80. The Morgan fingerprint density at radius 1 is 1.04 bits per heavy atom. The van der Waals surface area contributed by atoms with Gasteiger partial charge < -0.3 is 10.2 Å². The monoisotopic (exact) mass is 356 g/mol. The zero-order chi connectivity index (χ0) is 18.4. The summed E-state index contributed by atoms with van der Waals surface area (Å²) < 4.78 is 24.6. The smallest absolute Gasteiger partial charge is 0.211 e. The molecule has 8 nitrogen and oxygen atoms in total. The number of para-hydroxylation sites is 2. The lowest BCUT2D eigenvalue weighted by molar-refractivity contribution is 0.388. The molecule has 0 aromatic heterocycles. The molecule has 1 aromatic carbocycles. The largest absolute Gasteiger partial charge is 0.367 e. The van der Waals surface area contributed by atoms with Crippen LogP contribution in [0, 0.1) is 34.0 Å². The fourth-order valence-corrected chi connectivity index (χ4v) is 3.36. The molecule has 0 aliphatic carbocycles. The van der Waals surface area contributed by atoms with Gasteiger partial charge in [0.25, 0.3) is 0 Å². The fourth-order valence-electron chi connectivity index (χ4n) is 2.53. The molecular formula is C16H16N6O2S. The van der Waals surface area contributed by atoms with Crippen LogP contribution in [0.5, 0.6) is 0 Å². The second-order valence-electron chi connectivity index (χ2n) is 5.38. The number of anilines is 2. The Hall–Kier alpha value is -3.06. The van der Waals surface area contributed by atoms with Gasteiger partial charge in [-0.2, -0.15) is 20.1 Å². The maximum Gasteiger partial charge on any atom is 0.211 e. The Kier molecular flexibility index (Phi) is 5.61. The number of benzene rings is 1. The summed E-state index contributed by atoms with van der Waals surface area (Å²) >= 11 is 0. The molecular weight excluding hydrogens is 340 g/mol. The van der Waals surface area contributed by atoms with Gasteiger partial charge in [0, 0.05) is 26.2 Å². The summed E-state index contributed by atoms with van der Waals surface area (Å²) in [6.07, 6.45) is 1.19. The number of sulfonamides is 1. The summed E-state index contributed by atoms with van der Waals surface area (Å²) in [5.74, 6) is 0. The van der Waals surface area contributed by atoms with Gasteiger partial charge in [0.15, 0.2) is 5.57 Å². The van der Waals surface area contributed by atoms with Crippen LogP contribution in [0.2, 0.25) is 0 Å². The molecule has 128 valence electrons. The lowest BCUT2D eigenvalue weighted by Gasteiger charge is -2.35. The topological polar surface area (TPSA) is 124 Å². The van der Waals surface area contributed by atoms with Crippen LogP contribution in [0.4, 0.5) is 11.4 Å². The van der Waals surface area contributed by atoms with E-state index in [1.54, 1.807) is 24.3 Å². The molecule has 1 heterocycles. The third-order valence-corrected chi connectivity index (χ3v) is 5.10. The zero-order valence-corrected chi connectivity index (χ0v) is 14.4. The predicted molar refractivity (Wildman–Crippen MR) is 92.6 cm³/mol. The molecule has 0 amide bonds. The van der Waals surface area contributed by atoms with Crippen molar-refractivity contribution in [1.82, 2.24) is 4.31 Å². The Bertz CT molecular complexity index is 893. The van der Waals surface area contributed by atoms with Crippen molar-refractivity contribution in [2.24, 2.45) is 0 Å². The van der Waals surface area contributed by atoms with Crippen molar-refractivity contribution in [3.63, 3.8) is 0 Å². The van der Waals surface area contributed by atoms with Crippen LogP contribution in [-0.2, 0) is 10.0 Å². The van der Waals surface area contributed by atoms with E-state index < -0.39 is 10.0 Å². The second-order valence-corrected chi connectivity index (χ2v) is 7.36. The van der Waals surface area contributed by atoms with Gasteiger partial charge in [-0.25, -0.2) is 8.42 Å². The van der Waals surface area contributed by atoms with Crippen LogP contribution in [0.25, 0.3) is 0 Å². The zero-order valence-electron chi connectivity index (χ0n) is 13.6. The van der Waals surface area contributed by atoms with Crippen LogP contribution in [0.1, 0.15) is 0 Å². The lowest BCUT2D eigenvalue weighted by Crippen LogP contribution is -2.48. The molecule has 1 aliphatic rings. The van der Waals surface area contributed by atoms with Gasteiger partial charge in [-0.05, 0) is 12.1 Å². The quantitative estimate of drug-likeness (QED) is 0.798. The molecule has 0 unspecified atom stereocenters. The summed E-state index contributed by atoms with van der Waals surface area (Å²) in [5, 5.41) is 29.9. The van der Waals surface area contributed by atoms with Crippen LogP contribution >= 0.6 is 0 Å². The van der Waals surface area contributed by atoms with Gasteiger partial charge in [-0.15, -0.1) is 0 Å². The van der Waals surface area contributed by atoms with Crippen molar-refractivity contribution < 1.29 is 8.42 Å². The standard InChI is InChI=1S/C16H16N6O2S/c1-25(23,24)22-8-6-21(7-9-22)16-5-3-2-4-14(16)20-15(12-19)13(10-17)11-18/h2-5,20H,6-9H2,1H3. The highest BCUT2D eigenvalue weighted by molar-refractivity contribution is 7.88. The minimum absolute atomic E-state index is 0.118. The van der Waals surface area contributed by atoms with Crippen LogP contribution in [-0.4, -0.2) is 45.2 Å². The normalized spacial score (nSPS) is 14.7. The Balaban J connectivity index is 2.26. The minimum Gasteiger partial charge on any atom is -0.367 e. The first-order chi connectivity index (χ1) is 11.9. The maximum absolute atomic E-state index is 11.6. The highest BCUT2D eigenvalue weighted by Crippen LogP contribution is 2.28. The molecule has 9 heteroatoms. The number of nitrogens with zero attached hydrogens (tertiary/aromatic N) is 5. The second kappa shape index (κ2) is 7.67. The summed E-state index contributed by atoms with van der Waals surface area (Å²) in [6, 6.07) is 12.4. The average Bonchev–Trinajstić information content (AvgIpc) is 2.61. The van der Waals surface area contributed by atoms with Crippen molar-refractivity contribution >= 4 is 21.4 Å². The van der Waals surface area contributed by atoms with Crippen molar-refractivity contribution in [3.8, 4) is 18.2 Å². The first-order valence-corrected chi connectivity index (χ1v) is 9.26. The van der Waals surface area contributed by atoms with E-state index in [1.807, 2.05) is 23.1 Å². The summed E-state index contributed by atoms with van der Waals surface area (Å²) in [4.78, 5) is 2.00. The van der Waals surface area contributed by atoms with Gasteiger partial charge in [-0.3, -0.25) is 0 Å².